The van der Waals surface area contributed by atoms with Crippen LogP contribution in [0.25, 0.3) is 0 Å². The maximum Gasteiger partial charge on any atom is 0.262 e. The molecule has 0 unspecified atom stereocenters. The number of hydrogen-bond acceptors (Lipinski definition) is 5. The first-order chi connectivity index (χ1) is 14.4. The van der Waals surface area contributed by atoms with Gasteiger partial charge in [0.05, 0.1) is 5.56 Å². The van der Waals surface area contributed by atoms with Gasteiger partial charge in [-0.25, -0.2) is 0 Å². The van der Waals surface area contributed by atoms with Crippen molar-refractivity contribution in [1.82, 2.24) is 5.32 Å². The molecule has 0 heterocycles. The summed E-state index contributed by atoms with van der Waals surface area (Å²) in [6.45, 7) is 3.54. The molecule has 0 aliphatic carbocycles. The molecule has 0 saturated heterocycles. The zero-order chi connectivity index (χ0) is 21.9. The predicted molar refractivity (Wildman–Crippen MR) is 120 cm³/mol. The average Bonchev–Trinajstić information content (AvgIpc) is 2.73. The van der Waals surface area contributed by atoms with Gasteiger partial charge in [-0.2, -0.15) is 0 Å². The Morgan fingerprint density at radius 1 is 1.10 bits per heavy atom. The maximum absolute atomic E-state index is 12.7. The highest BCUT2D eigenvalue weighted by atomic mass is 35.5. The minimum Gasteiger partial charge on any atom is -0.484 e. The third-order valence-electron chi connectivity index (χ3n) is 4.15. The van der Waals surface area contributed by atoms with Gasteiger partial charge < -0.3 is 25.0 Å². The Morgan fingerprint density at radius 2 is 1.83 bits per heavy atom. The Bertz CT molecular complexity index is 841. The number of benzene rings is 2. The third kappa shape index (κ3) is 7.57. The van der Waals surface area contributed by atoms with Crippen molar-refractivity contribution in [2.75, 3.05) is 50.7 Å². The molecule has 0 aromatic heterocycles. The minimum absolute atomic E-state index is 0.157. The van der Waals surface area contributed by atoms with E-state index in [1.807, 2.05) is 25.9 Å². The molecule has 7 nitrogen and oxygen atoms in total. The first-order valence-corrected chi connectivity index (χ1v) is 10.1. The van der Waals surface area contributed by atoms with Gasteiger partial charge in [-0.15, -0.1) is 0 Å². The smallest absolute Gasteiger partial charge is 0.262 e. The molecule has 0 fully saturated rings. The van der Waals surface area contributed by atoms with Crippen LogP contribution in [0.15, 0.2) is 42.5 Å². The van der Waals surface area contributed by atoms with E-state index in [9.17, 15) is 9.59 Å². The molecule has 8 heteroatoms. The topological polar surface area (TPSA) is 79.9 Å². The molecule has 30 heavy (non-hydrogen) atoms. The summed E-state index contributed by atoms with van der Waals surface area (Å²) in [4.78, 5) is 26.7. The lowest BCUT2D eigenvalue weighted by Crippen LogP contribution is -2.28. The normalized spacial score (nSPS) is 10.4. The van der Waals surface area contributed by atoms with Gasteiger partial charge in [0.2, 0.25) is 0 Å². The van der Waals surface area contributed by atoms with E-state index in [1.165, 1.54) is 0 Å². The second-order valence-electron chi connectivity index (χ2n) is 6.72. The van der Waals surface area contributed by atoms with Gasteiger partial charge in [0, 0.05) is 50.3 Å². The summed E-state index contributed by atoms with van der Waals surface area (Å²) in [5, 5.41) is 6.25. The van der Waals surface area contributed by atoms with E-state index in [0.717, 1.165) is 12.1 Å². The Kier molecular flexibility index (Phi) is 9.44. The Morgan fingerprint density at radius 3 is 2.50 bits per heavy atom. The monoisotopic (exact) mass is 433 g/mol. The molecule has 2 aromatic carbocycles. The zero-order valence-corrected chi connectivity index (χ0v) is 18.3. The van der Waals surface area contributed by atoms with Crippen LogP contribution < -0.4 is 20.3 Å². The van der Waals surface area contributed by atoms with Crippen molar-refractivity contribution in [3.05, 3.63) is 53.1 Å². The largest absolute Gasteiger partial charge is 0.484 e. The summed E-state index contributed by atoms with van der Waals surface area (Å²) >= 11 is 5.83. The zero-order valence-electron chi connectivity index (χ0n) is 17.5. The quantitative estimate of drug-likeness (QED) is 0.529. The molecular weight excluding hydrogens is 406 g/mol. The van der Waals surface area contributed by atoms with Crippen molar-refractivity contribution >= 4 is 34.8 Å². The van der Waals surface area contributed by atoms with E-state index in [1.54, 1.807) is 42.5 Å². The summed E-state index contributed by atoms with van der Waals surface area (Å²) in [6.07, 6.45) is 0.731. The van der Waals surface area contributed by atoms with Crippen LogP contribution >= 0.6 is 11.6 Å². The Labute approximate surface area is 182 Å². The number of anilines is 2. The molecule has 0 atom stereocenters. The number of nitrogens with zero attached hydrogens (tertiary/aromatic N) is 1. The van der Waals surface area contributed by atoms with Crippen LogP contribution in [0.2, 0.25) is 5.02 Å². The summed E-state index contributed by atoms with van der Waals surface area (Å²) in [7, 11) is 3.72. The number of carbonyl (C=O) groups excluding carboxylic acids is 2. The van der Waals surface area contributed by atoms with Crippen LogP contribution in [0, 0.1) is 0 Å². The molecule has 162 valence electrons. The highest BCUT2D eigenvalue weighted by Gasteiger charge is 2.15. The van der Waals surface area contributed by atoms with Crippen LogP contribution in [0.1, 0.15) is 23.7 Å². The van der Waals surface area contributed by atoms with Crippen molar-refractivity contribution < 1.29 is 19.1 Å². The van der Waals surface area contributed by atoms with Crippen molar-refractivity contribution in [2.24, 2.45) is 0 Å². The first-order valence-electron chi connectivity index (χ1n) is 9.76. The molecule has 0 saturated carbocycles. The molecule has 2 aromatic rings. The van der Waals surface area contributed by atoms with E-state index in [4.69, 9.17) is 21.1 Å². The van der Waals surface area contributed by atoms with Gasteiger partial charge in [-0.1, -0.05) is 11.6 Å². The number of halogens is 1. The summed E-state index contributed by atoms with van der Waals surface area (Å²) in [6, 6.07) is 12.0. The van der Waals surface area contributed by atoms with Crippen LogP contribution in [0.5, 0.6) is 5.75 Å². The van der Waals surface area contributed by atoms with Crippen molar-refractivity contribution in [2.45, 2.75) is 13.3 Å². The lowest BCUT2D eigenvalue weighted by atomic mass is 10.1. The molecule has 2 amide bonds. The molecule has 2 rings (SSSR count). The molecule has 2 N–H and O–H groups in total. The summed E-state index contributed by atoms with van der Waals surface area (Å²) in [5.41, 5.74) is 1.75. The van der Waals surface area contributed by atoms with Crippen LogP contribution in [0.4, 0.5) is 11.4 Å². The maximum atomic E-state index is 12.7. The van der Waals surface area contributed by atoms with Crippen LogP contribution in [0.3, 0.4) is 0 Å². The average molecular weight is 434 g/mol. The number of amides is 2. The number of rotatable bonds is 11. The Balaban J connectivity index is 1.98. The summed E-state index contributed by atoms with van der Waals surface area (Å²) in [5.74, 6) is 0.0129. The van der Waals surface area contributed by atoms with E-state index >= 15 is 0 Å². The summed E-state index contributed by atoms with van der Waals surface area (Å²) < 4.78 is 10.7. The van der Waals surface area contributed by atoms with Gasteiger partial charge in [-0.05, 0) is 55.8 Å². The SMILES string of the molecule is CCOCCCNC(=O)c1cc(NC(=O)COc2ccc(Cl)cc2)ccc1N(C)C. The second-order valence-corrected chi connectivity index (χ2v) is 7.16. The van der Waals surface area contributed by atoms with Crippen molar-refractivity contribution in [1.29, 1.82) is 0 Å². The minimum atomic E-state index is -0.328. The van der Waals surface area contributed by atoms with E-state index in [2.05, 4.69) is 10.6 Å². The fraction of sp³-hybridized carbons (Fsp3) is 0.364. The fourth-order valence-corrected chi connectivity index (χ4v) is 2.80. The van der Waals surface area contributed by atoms with Gasteiger partial charge in [0.1, 0.15) is 5.75 Å². The fourth-order valence-electron chi connectivity index (χ4n) is 2.68. The van der Waals surface area contributed by atoms with E-state index in [-0.39, 0.29) is 18.4 Å². The van der Waals surface area contributed by atoms with Crippen LogP contribution in [-0.4, -0.2) is 52.3 Å². The third-order valence-corrected chi connectivity index (χ3v) is 4.40. The van der Waals surface area contributed by atoms with Gasteiger partial charge in [0.25, 0.3) is 11.8 Å². The highest BCUT2D eigenvalue weighted by Crippen LogP contribution is 2.23. The molecule has 0 bridgehead atoms. The van der Waals surface area contributed by atoms with E-state index in [0.29, 0.717) is 41.8 Å². The van der Waals surface area contributed by atoms with Crippen LogP contribution in [-0.2, 0) is 9.53 Å². The standard InChI is InChI=1S/C22H28ClN3O4/c1-4-29-13-5-12-24-22(28)19-14-17(8-11-20(19)26(2)3)25-21(27)15-30-18-9-6-16(23)7-10-18/h6-11,14H,4-5,12-13,15H2,1-3H3,(H,24,28)(H,25,27). The predicted octanol–water partition coefficient (Wildman–Crippen LogP) is 3.58. The van der Waals surface area contributed by atoms with Gasteiger partial charge >= 0.3 is 0 Å². The van der Waals surface area contributed by atoms with Crippen molar-refractivity contribution in [3.8, 4) is 5.75 Å². The number of hydrogen-bond donors (Lipinski definition) is 2. The van der Waals surface area contributed by atoms with Gasteiger partial charge in [-0.3, -0.25) is 9.59 Å². The van der Waals surface area contributed by atoms with Crippen molar-refractivity contribution in [3.63, 3.8) is 0 Å². The number of nitrogens with one attached hydrogen (secondary N) is 2. The molecular formula is C22H28ClN3O4. The van der Waals surface area contributed by atoms with E-state index < -0.39 is 0 Å². The number of ether oxygens (including phenoxy) is 2. The molecule has 0 spiro atoms. The Hall–Kier alpha value is -2.77. The lowest BCUT2D eigenvalue weighted by Gasteiger charge is -2.18. The number of carbonyl (C=O) groups is 2. The second kappa shape index (κ2) is 12.0. The first kappa shape index (κ1) is 23.5. The van der Waals surface area contributed by atoms with Gasteiger partial charge in [0.15, 0.2) is 6.61 Å². The molecule has 0 aliphatic heterocycles. The lowest BCUT2D eigenvalue weighted by molar-refractivity contribution is -0.118. The molecule has 0 radical (unpaired) electrons. The highest BCUT2D eigenvalue weighted by molar-refractivity contribution is 6.30. The molecule has 0 aliphatic rings.